The van der Waals surface area contributed by atoms with E-state index in [4.69, 9.17) is 8.83 Å². The molecule has 0 N–H and O–H groups in total. The van der Waals surface area contributed by atoms with Crippen LogP contribution in [0.15, 0.2) is 62.6 Å². The Hall–Kier alpha value is -2.78. The van der Waals surface area contributed by atoms with E-state index in [1.165, 1.54) is 11.9 Å². The van der Waals surface area contributed by atoms with Gasteiger partial charge in [-0.3, -0.25) is 4.90 Å². The highest BCUT2D eigenvalue weighted by atomic mass is 79.9. The van der Waals surface area contributed by atoms with Crippen LogP contribution >= 0.6 is 15.9 Å². The molecule has 4 rings (SSSR count). The molecule has 0 aliphatic rings. The van der Waals surface area contributed by atoms with Crippen molar-refractivity contribution in [3.8, 4) is 17.3 Å². The molecule has 0 spiro atoms. The Kier molecular flexibility index (Phi) is 4.87. The van der Waals surface area contributed by atoms with E-state index >= 15 is 0 Å². The van der Waals surface area contributed by atoms with Crippen LogP contribution in [0.25, 0.3) is 17.3 Å². The molecular formula is C18H17BrN6O2. The van der Waals surface area contributed by atoms with Gasteiger partial charge >= 0.3 is 0 Å². The van der Waals surface area contributed by atoms with Crippen molar-refractivity contribution in [3.05, 3.63) is 65.2 Å². The zero-order valence-corrected chi connectivity index (χ0v) is 16.4. The van der Waals surface area contributed by atoms with E-state index in [0.29, 0.717) is 28.8 Å². The first-order chi connectivity index (χ1) is 13.1. The first kappa shape index (κ1) is 17.6. The van der Waals surface area contributed by atoms with Gasteiger partial charge in [0, 0.05) is 6.04 Å². The predicted molar refractivity (Wildman–Crippen MR) is 101 cm³/mol. The molecule has 0 saturated carbocycles. The Morgan fingerprint density at radius 3 is 2.59 bits per heavy atom. The number of benzene rings is 1. The molecule has 0 amide bonds. The lowest BCUT2D eigenvalue weighted by atomic mass is 10.1. The van der Waals surface area contributed by atoms with Crippen LogP contribution in [0.4, 0.5) is 0 Å². The minimum Gasteiger partial charge on any atom is -0.444 e. The molecule has 8 nitrogen and oxygen atoms in total. The minimum atomic E-state index is 0.169. The summed E-state index contributed by atoms with van der Waals surface area (Å²) in [5.41, 5.74) is 2.15. The molecule has 27 heavy (non-hydrogen) atoms. The number of nitrogens with zero attached hydrogens (tertiary/aromatic N) is 6. The third-order valence-electron chi connectivity index (χ3n) is 4.36. The lowest BCUT2D eigenvalue weighted by Crippen LogP contribution is -2.22. The Labute approximate surface area is 164 Å². The maximum Gasteiger partial charge on any atom is 0.283 e. The number of rotatable bonds is 6. The van der Waals surface area contributed by atoms with Crippen LogP contribution in [0, 0.1) is 0 Å². The second-order valence-electron chi connectivity index (χ2n) is 6.13. The van der Waals surface area contributed by atoms with E-state index in [-0.39, 0.29) is 6.04 Å². The van der Waals surface area contributed by atoms with E-state index in [1.807, 2.05) is 19.2 Å². The van der Waals surface area contributed by atoms with Crippen molar-refractivity contribution in [3.63, 3.8) is 0 Å². The van der Waals surface area contributed by atoms with Gasteiger partial charge in [-0.25, -0.2) is 9.67 Å². The van der Waals surface area contributed by atoms with Crippen molar-refractivity contribution in [1.29, 1.82) is 0 Å². The van der Waals surface area contributed by atoms with Gasteiger partial charge in [0.2, 0.25) is 5.89 Å². The third-order valence-corrected chi connectivity index (χ3v) is 4.78. The Balaban J connectivity index is 1.43. The summed E-state index contributed by atoms with van der Waals surface area (Å²) in [5.74, 6) is 1.44. The summed E-state index contributed by atoms with van der Waals surface area (Å²) in [6, 6.07) is 11.9. The van der Waals surface area contributed by atoms with E-state index < -0.39 is 0 Å². The molecule has 0 fully saturated rings. The SMILES string of the molecule is CC(c1ccc(-n2cncn2)cc1)N(C)Cc1nnc(-c2ccc(Br)o2)o1. The second kappa shape index (κ2) is 7.45. The van der Waals surface area contributed by atoms with Gasteiger partial charge in [0.05, 0.1) is 12.2 Å². The van der Waals surface area contributed by atoms with E-state index in [2.05, 4.69) is 60.2 Å². The molecule has 1 unspecified atom stereocenters. The number of furan rings is 1. The number of aromatic nitrogens is 5. The van der Waals surface area contributed by atoms with Crippen LogP contribution in [0.5, 0.6) is 0 Å². The monoisotopic (exact) mass is 428 g/mol. The summed E-state index contributed by atoms with van der Waals surface area (Å²) in [6.45, 7) is 2.66. The Bertz CT molecular complexity index is 1010. The lowest BCUT2D eigenvalue weighted by Gasteiger charge is -2.23. The molecule has 0 aliphatic carbocycles. The van der Waals surface area contributed by atoms with Gasteiger partial charge in [-0.1, -0.05) is 12.1 Å². The molecule has 0 bridgehead atoms. The molecule has 0 radical (unpaired) electrons. The topological polar surface area (TPSA) is 86.0 Å². The summed E-state index contributed by atoms with van der Waals surface area (Å²) in [5, 5.41) is 12.3. The average molecular weight is 429 g/mol. The van der Waals surface area contributed by atoms with Crippen molar-refractivity contribution in [2.75, 3.05) is 7.05 Å². The largest absolute Gasteiger partial charge is 0.444 e. The molecule has 3 aromatic heterocycles. The summed E-state index contributed by atoms with van der Waals surface area (Å²) in [6.07, 6.45) is 3.19. The molecule has 4 aromatic rings. The van der Waals surface area contributed by atoms with Crippen LogP contribution in [0.1, 0.15) is 24.4 Å². The maximum atomic E-state index is 5.71. The van der Waals surface area contributed by atoms with Crippen molar-refractivity contribution in [2.45, 2.75) is 19.5 Å². The van der Waals surface area contributed by atoms with Crippen LogP contribution in [-0.2, 0) is 6.54 Å². The molecule has 3 heterocycles. The fourth-order valence-corrected chi connectivity index (χ4v) is 3.00. The molecule has 9 heteroatoms. The molecule has 138 valence electrons. The zero-order valence-electron chi connectivity index (χ0n) is 14.8. The number of hydrogen-bond acceptors (Lipinski definition) is 7. The van der Waals surface area contributed by atoms with Crippen molar-refractivity contribution in [2.24, 2.45) is 0 Å². The van der Waals surface area contributed by atoms with E-state index in [1.54, 1.807) is 23.1 Å². The van der Waals surface area contributed by atoms with Crippen LogP contribution < -0.4 is 0 Å². The molecule has 0 aliphatic heterocycles. The van der Waals surface area contributed by atoms with Crippen molar-refractivity contribution in [1.82, 2.24) is 29.9 Å². The molecule has 0 saturated heterocycles. The highest BCUT2D eigenvalue weighted by Gasteiger charge is 2.17. The van der Waals surface area contributed by atoms with Crippen molar-refractivity contribution < 1.29 is 8.83 Å². The minimum absolute atomic E-state index is 0.169. The fourth-order valence-electron chi connectivity index (χ4n) is 2.70. The van der Waals surface area contributed by atoms with E-state index in [0.717, 1.165) is 5.69 Å². The maximum absolute atomic E-state index is 5.71. The number of halogens is 1. The van der Waals surface area contributed by atoms with Gasteiger partial charge in [0.25, 0.3) is 5.89 Å². The smallest absolute Gasteiger partial charge is 0.283 e. The van der Waals surface area contributed by atoms with Gasteiger partial charge in [0.1, 0.15) is 12.7 Å². The highest BCUT2D eigenvalue weighted by molar-refractivity contribution is 9.10. The normalized spacial score (nSPS) is 12.6. The van der Waals surface area contributed by atoms with Crippen LogP contribution in [0.2, 0.25) is 0 Å². The highest BCUT2D eigenvalue weighted by Crippen LogP contribution is 2.25. The average Bonchev–Trinajstić information content (AvgIpc) is 3.43. The van der Waals surface area contributed by atoms with Crippen molar-refractivity contribution >= 4 is 15.9 Å². The first-order valence-electron chi connectivity index (χ1n) is 8.33. The summed E-state index contributed by atoms with van der Waals surface area (Å²) in [4.78, 5) is 6.11. The van der Waals surface area contributed by atoms with Gasteiger partial charge < -0.3 is 8.83 Å². The van der Waals surface area contributed by atoms with Gasteiger partial charge in [0.15, 0.2) is 10.4 Å². The zero-order chi connectivity index (χ0) is 18.8. The predicted octanol–water partition coefficient (Wildman–Crippen LogP) is 3.87. The third kappa shape index (κ3) is 3.83. The number of hydrogen-bond donors (Lipinski definition) is 0. The quantitative estimate of drug-likeness (QED) is 0.460. The first-order valence-corrected chi connectivity index (χ1v) is 9.13. The Morgan fingerprint density at radius 1 is 1.11 bits per heavy atom. The van der Waals surface area contributed by atoms with Gasteiger partial charge in [-0.15, -0.1) is 10.2 Å². The second-order valence-corrected chi connectivity index (χ2v) is 6.91. The van der Waals surface area contributed by atoms with Gasteiger partial charge in [-0.2, -0.15) is 5.10 Å². The summed E-state index contributed by atoms with van der Waals surface area (Å²) in [7, 11) is 2.02. The summed E-state index contributed by atoms with van der Waals surface area (Å²) >= 11 is 3.27. The fraction of sp³-hybridized carbons (Fsp3) is 0.222. The Morgan fingerprint density at radius 2 is 1.93 bits per heavy atom. The van der Waals surface area contributed by atoms with Gasteiger partial charge in [-0.05, 0) is 59.7 Å². The van der Waals surface area contributed by atoms with E-state index in [9.17, 15) is 0 Å². The summed E-state index contributed by atoms with van der Waals surface area (Å²) < 4.78 is 13.5. The molecule has 1 atom stereocenters. The van der Waals surface area contributed by atoms with Crippen LogP contribution in [0.3, 0.4) is 0 Å². The molecular weight excluding hydrogens is 412 g/mol. The standard InChI is InChI=1S/C18H17BrN6O2/c1-12(13-3-5-14(6-4-13)25-11-20-10-21-25)24(2)9-17-22-23-18(27-17)15-7-8-16(19)26-15/h3-8,10-12H,9H2,1-2H3. The van der Waals surface area contributed by atoms with Crippen LogP contribution in [-0.4, -0.2) is 36.9 Å². The lowest BCUT2D eigenvalue weighted by molar-refractivity contribution is 0.228. The molecule has 1 aromatic carbocycles.